The molecule has 1 N–H and O–H groups in total. The topological polar surface area (TPSA) is 61.8 Å². The Kier molecular flexibility index (Phi) is 4.86. The Morgan fingerprint density at radius 1 is 1.12 bits per heavy atom. The smallest absolute Gasteiger partial charge is 0.322 e. The van der Waals surface area contributed by atoms with Crippen LogP contribution in [0, 0.1) is 0 Å². The van der Waals surface area contributed by atoms with Gasteiger partial charge in [0.2, 0.25) is 0 Å². The monoisotopic (exact) mass is 355 g/mol. The number of urea groups is 1. The van der Waals surface area contributed by atoms with Crippen LogP contribution in [0.4, 0.5) is 4.79 Å². The van der Waals surface area contributed by atoms with Crippen LogP contribution in [0.3, 0.4) is 0 Å². The molecule has 5 nitrogen and oxygen atoms in total. The molecule has 3 amide bonds. The lowest BCUT2D eigenvalue weighted by molar-refractivity contribution is -0.130. The van der Waals surface area contributed by atoms with E-state index >= 15 is 0 Å². The first kappa shape index (κ1) is 17.2. The summed E-state index contributed by atoms with van der Waals surface area (Å²) in [5, 5.41) is 8.15. The molecule has 0 unspecified atom stereocenters. The Morgan fingerprint density at radius 3 is 2.52 bits per heavy atom. The largest absolute Gasteiger partial charge is 0.346 e. The molecule has 1 aliphatic rings. The summed E-state index contributed by atoms with van der Waals surface area (Å²) >= 11 is 6.06. The molecule has 0 radical (unpaired) electrons. The summed E-state index contributed by atoms with van der Waals surface area (Å²) < 4.78 is 0. The molecule has 0 aliphatic carbocycles. The zero-order chi connectivity index (χ0) is 17.9. The van der Waals surface area contributed by atoms with Gasteiger partial charge in [-0.05, 0) is 31.4 Å². The molecule has 2 aromatic carbocycles. The van der Waals surface area contributed by atoms with Crippen LogP contribution in [0.1, 0.15) is 24.5 Å². The van der Waals surface area contributed by atoms with Gasteiger partial charge in [0.05, 0.1) is 6.21 Å². The van der Waals surface area contributed by atoms with Gasteiger partial charge >= 0.3 is 6.03 Å². The van der Waals surface area contributed by atoms with Gasteiger partial charge in [-0.25, -0.2) is 4.79 Å². The van der Waals surface area contributed by atoms with E-state index in [2.05, 4.69) is 10.4 Å². The predicted molar refractivity (Wildman–Crippen MR) is 97.6 cm³/mol. The number of nitrogens with one attached hydrogen (secondary N) is 1. The zero-order valence-electron chi connectivity index (χ0n) is 13.8. The first-order valence-electron chi connectivity index (χ1n) is 7.99. The predicted octanol–water partition coefficient (Wildman–Crippen LogP) is 3.62. The van der Waals surface area contributed by atoms with Gasteiger partial charge in [-0.2, -0.15) is 5.10 Å². The van der Waals surface area contributed by atoms with E-state index in [1.54, 1.807) is 25.1 Å². The molecule has 0 aromatic heterocycles. The van der Waals surface area contributed by atoms with Crippen molar-refractivity contribution in [2.45, 2.75) is 25.3 Å². The van der Waals surface area contributed by atoms with Crippen LogP contribution < -0.4 is 5.32 Å². The maximum absolute atomic E-state index is 12.7. The van der Waals surface area contributed by atoms with Gasteiger partial charge in [-0.1, -0.05) is 60.1 Å². The summed E-state index contributed by atoms with van der Waals surface area (Å²) in [5.74, 6) is -0.364. The molecular formula is C19H18ClN3O2. The quantitative estimate of drug-likeness (QED) is 0.657. The van der Waals surface area contributed by atoms with E-state index in [9.17, 15) is 9.59 Å². The van der Waals surface area contributed by atoms with Crippen molar-refractivity contribution in [3.05, 3.63) is 70.7 Å². The summed E-state index contributed by atoms with van der Waals surface area (Å²) in [6, 6.07) is 16.4. The SMILES string of the molecule is C[C@@]1(CCc2ccccc2)NC(=O)N(/N=C\c2ccccc2Cl)C1=O. The molecule has 2 aromatic rings. The average Bonchev–Trinajstić information content (AvgIpc) is 2.83. The van der Waals surface area contributed by atoms with Gasteiger partial charge in [0.25, 0.3) is 5.91 Å². The molecule has 0 bridgehead atoms. The van der Waals surface area contributed by atoms with E-state index in [1.807, 2.05) is 36.4 Å². The number of hydrogen-bond acceptors (Lipinski definition) is 3. The number of hydrogen-bond donors (Lipinski definition) is 1. The van der Waals surface area contributed by atoms with Crippen LogP contribution in [0.25, 0.3) is 0 Å². The number of imide groups is 1. The first-order valence-corrected chi connectivity index (χ1v) is 8.36. The second kappa shape index (κ2) is 7.07. The summed E-state index contributed by atoms with van der Waals surface area (Å²) in [7, 11) is 0. The maximum atomic E-state index is 12.7. The Labute approximate surface area is 151 Å². The molecule has 0 spiro atoms. The van der Waals surface area contributed by atoms with Gasteiger partial charge in [-0.15, -0.1) is 5.01 Å². The number of aryl methyl sites for hydroxylation is 1. The van der Waals surface area contributed by atoms with E-state index in [1.165, 1.54) is 6.21 Å². The molecule has 0 saturated carbocycles. The van der Waals surface area contributed by atoms with Crippen molar-refractivity contribution in [2.24, 2.45) is 5.10 Å². The van der Waals surface area contributed by atoms with Crippen LogP contribution in [0.15, 0.2) is 59.7 Å². The summed E-state index contributed by atoms with van der Waals surface area (Å²) in [6.07, 6.45) is 2.61. The Hall–Kier alpha value is -2.66. The molecule has 1 fully saturated rings. The molecule has 6 heteroatoms. The fourth-order valence-corrected chi connectivity index (χ4v) is 2.87. The van der Waals surface area contributed by atoms with E-state index in [0.717, 1.165) is 10.6 Å². The fourth-order valence-electron chi connectivity index (χ4n) is 2.68. The van der Waals surface area contributed by atoms with Crippen molar-refractivity contribution in [1.29, 1.82) is 0 Å². The minimum Gasteiger partial charge on any atom is -0.322 e. The molecule has 1 atom stereocenters. The number of carbonyl (C=O) groups excluding carboxylic acids is 2. The van der Waals surface area contributed by atoms with Crippen LogP contribution in [-0.2, 0) is 11.2 Å². The highest BCUT2D eigenvalue weighted by Crippen LogP contribution is 2.24. The van der Waals surface area contributed by atoms with E-state index in [-0.39, 0.29) is 5.91 Å². The number of benzene rings is 2. The first-order chi connectivity index (χ1) is 12.0. The van der Waals surface area contributed by atoms with Gasteiger partial charge in [0, 0.05) is 10.6 Å². The van der Waals surface area contributed by atoms with Crippen molar-refractivity contribution in [3.63, 3.8) is 0 Å². The molecule has 1 heterocycles. The van der Waals surface area contributed by atoms with Crippen molar-refractivity contribution < 1.29 is 9.59 Å². The van der Waals surface area contributed by atoms with Gasteiger partial charge in [0.1, 0.15) is 5.54 Å². The lowest BCUT2D eigenvalue weighted by Crippen LogP contribution is -2.44. The summed E-state index contributed by atoms with van der Waals surface area (Å²) in [5.41, 5.74) is 0.788. The third-order valence-corrected chi connectivity index (χ3v) is 4.56. The Morgan fingerprint density at radius 2 is 1.80 bits per heavy atom. The normalized spacial score (nSPS) is 20.3. The zero-order valence-corrected chi connectivity index (χ0v) is 14.5. The Bertz CT molecular complexity index is 822. The molecular weight excluding hydrogens is 338 g/mol. The summed E-state index contributed by atoms with van der Waals surface area (Å²) in [4.78, 5) is 24.8. The number of carbonyl (C=O) groups is 2. The van der Waals surface area contributed by atoms with Gasteiger partial charge in [-0.3, -0.25) is 4.79 Å². The number of hydrazone groups is 1. The van der Waals surface area contributed by atoms with Crippen LogP contribution >= 0.6 is 11.6 Å². The Balaban J connectivity index is 1.72. The second-order valence-electron chi connectivity index (χ2n) is 6.13. The second-order valence-corrected chi connectivity index (χ2v) is 6.54. The van der Waals surface area contributed by atoms with E-state index < -0.39 is 11.6 Å². The number of amides is 3. The minimum atomic E-state index is -0.968. The average molecular weight is 356 g/mol. The number of nitrogens with zero attached hydrogens (tertiary/aromatic N) is 2. The minimum absolute atomic E-state index is 0.364. The van der Waals surface area contributed by atoms with Crippen LogP contribution in [-0.4, -0.2) is 28.7 Å². The molecule has 3 rings (SSSR count). The third kappa shape index (κ3) is 3.72. The highest BCUT2D eigenvalue weighted by atomic mass is 35.5. The van der Waals surface area contributed by atoms with Crippen molar-refractivity contribution in [1.82, 2.24) is 10.3 Å². The van der Waals surface area contributed by atoms with Crippen molar-refractivity contribution in [2.75, 3.05) is 0 Å². The van der Waals surface area contributed by atoms with Gasteiger partial charge < -0.3 is 5.32 Å². The van der Waals surface area contributed by atoms with E-state index in [4.69, 9.17) is 11.6 Å². The molecule has 25 heavy (non-hydrogen) atoms. The van der Waals surface area contributed by atoms with Crippen LogP contribution in [0.2, 0.25) is 5.02 Å². The highest BCUT2D eigenvalue weighted by Gasteiger charge is 2.47. The fraction of sp³-hybridized carbons (Fsp3) is 0.211. The number of halogens is 1. The van der Waals surface area contributed by atoms with Crippen molar-refractivity contribution in [3.8, 4) is 0 Å². The maximum Gasteiger partial charge on any atom is 0.346 e. The molecule has 1 saturated heterocycles. The lowest BCUT2D eigenvalue weighted by Gasteiger charge is -2.20. The van der Waals surface area contributed by atoms with Crippen LogP contribution in [0.5, 0.6) is 0 Å². The van der Waals surface area contributed by atoms with Gasteiger partial charge in [0.15, 0.2) is 0 Å². The molecule has 1 aliphatic heterocycles. The lowest BCUT2D eigenvalue weighted by atomic mass is 9.93. The molecule has 128 valence electrons. The highest BCUT2D eigenvalue weighted by molar-refractivity contribution is 6.33. The third-order valence-electron chi connectivity index (χ3n) is 4.21. The van der Waals surface area contributed by atoms with E-state index in [0.29, 0.717) is 23.4 Å². The standard InChI is InChI=1S/C19H18ClN3O2/c1-19(12-11-14-7-3-2-4-8-14)17(24)23(18(25)22-19)21-13-15-9-5-6-10-16(15)20/h2-10,13H,11-12H2,1H3,(H,22,25)/b21-13-/t19-/m0/s1. The summed E-state index contributed by atoms with van der Waals surface area (Å²) in [6.45, 7) is 1.72. The van der Waals surface area contributed by atoms with Crippen molar-refractivity contribution >= 4 is 29.8 Å². The number of rotatable bonds is 5.